The van der Waals surface area contributed by atoms with E-state index in [-0.39, 0.29) is 18.4 Å². The van der Waals surface area contributed by atoms with Gasteiger partial charge in [-0.1, -0.05) is 30.3 Å². The first-order valence-corrected chi connectivity index (χ1v) is 10.8. The van der Waals surface area contributed by atoms with Crippen molar-refractivity contribution in [3.05, 3.63) is 70.6 Å². The standard InChI is InChI=1S/C24H24N2O3S/c1-3-26(15-22(27)25-18-8-6-9-19(14-18)29-2)24(28)21-13-17-12-11-16-7-4-5-10-20(16)23(17)30-21/h4-10,13-14H,3,11-12,15H2,1-2H3,(H,25,27). The Labute approximate surface area is 180 Å². The molecule has 0 fully saturated rings. The summed E-state index contributed by atoms with van der Waals surface area (Å²) in [5.74, 6) is 0.334. The molecule has 1 aromatic heterocycles. The second-order valence-corrected chi connectivity index (χ2v) is 8.27. The smallest absolute Gasteiger partial charge is 0.264 e. The second-order valence-electron chi connectivity index (χ2n) is 7.22. The van der Waals surface area contributed by atoms with Crippen molar-refractivity contribution in [3.8, 4) is 16.2 Å². The van der Waals surface area contributed by atoms with Crippen molar-refractivity contribution in [3.63, 3.8) is 0 Å². The summed E-state index contributed by atoms with van der Waals surface area (Å²) in [6.07, 6.45) is 1.94. The third-order valence-corrected chi connectivity index (χ3v) is 6.50. The lowest BCUT2D eigenvalue weighted by atomic mass is 9.91. The number of fused-ring (bicyclic) bond motifs is 3. The number of nitrogens with zero attached hydrogens (tertiary/aromatic N) is 1. The van der Waals surface area contributed by atoms with Crippen molar-refractivity contribution in [1.82, 2.24) is 4.90 Å². The number of nitrogens with one attached hydrogen (secondary N) is 1. The zero-order valence-corrected chi connectivity index (χ0v) is 17.9. The van der Waals surface area contributed by atoms with Crippen molar-refractivity contribution in [2.24, 2.45) is 0 Å². The number of carbonyl (C=O) groups excluding carboxylic acids is 2. The maximum atomic E-state index is 13.1. The highest BCUT2D eigenvalue weighted by atomic mass is 32.1. The molecule has 1 N–H and O–H groups in total. The second kappa shape index (κ2) is 8.71. The summed E-state index contributed by atoms with van der Waals surface area (Å²) in [5.41, 5.74) is 4.42. The van der Waals surface area contributed by atoms with Gasteiger partial charge >= 0.3 is 0 Å². The molecule has 5 nitrogen and oxygen atoms in total. The highest BCUT2D eigenvalue weighted by Gasteiger charge is 2.24. The fourth-order valence-corrected chi connectivity index (χ4v) is 4.97. The van der Waals surface area contributed by atoms with Gasteiger partial charge in [-0.2, -0.15) is 0 Å². The summed E-state index contributed by atoms with van der Waals surface area (Å²) < 4.78 is 5.19. The van der Waals surface area contributed by atoms with Crippen molar-refractivity contribution < 1.29 is 14.3 Å². The van der Waals surface area contributed by atoms with Crippen molar-refractivity contribution in [2.75, 3.05) is 25.5 Å². The topological polar surface area (TPSA) is 58.6 Å². The Bertz CT molecular complexity index is 1090. The van der Waals surface area contributed by atoms with E-state index >= 15 is 0 Å². The van der Waals surface area contributed by atoms with E-state index in [1.54, 1.807) is 24.1 Å². The Morgan fingerprint density at radius 3 is 2.67 bits per heavy atom. The van der Waals surface area contributed by atoms with Crippen LogP contribution in [0.1, 0.15) is 27.7 Å². The molecular formula is C24H24N2O3S. The van der Waals surface area contributed by atoms with Gasteiger partial charge in [-0.15, -0.1) is 11.3 Å². The van der Waals surface area contributed by atoms with E-state index in [1.807, 2.05) is 31.2 Å². The number of methoxy groups -OCH3 is 1. The maximum Gasteiger partial charge on any atom is 0.264 e. The van der Waals surface area contributed by atoms with Crippen LogP contribution in [0, 0.1) is 0 Å². The van der Waals surface area contributed by atoms with Crippen LogP contribution in [0.2, 0.25) is 0 Å². The van der Waals surface area contributed by atoms with E-state index in [2.05, 4.69) is 23.5 Å². The number of aryl methyl sites for hydroxylation is 2. The van der Waals surface area contributed by atoms with Crippen LogP contribution < -0.4 is 10.1 Å². The quantitative estimate of drug-likeness (QED) is 0.633. The number of carbonyl (C=O) groups is 2. The Balaban J connectivity index is 1.48. The Morgan fingerprint density at radius 1 is 1.07 bits per heavy atom. The van der Waals surface area contributed by atoms with Crippen LogP contribution in [-0.2, 0) is 17.6 Å². The molecule has 0 spiro atoms. The summed E-state index contributed by atoms with van der Waals surface area (Å²) in [5, 5.41) is 2.84. The van der Waals surface area contributed by atoms with Crippen molar-refractivity contribution in [1.29, 1.82) is 0 Å². The zero-order chi connectivity index (χ0) is 21.1. The molecular weight excluding hydrogens is 396 g/mol. The van der Waals surface area contributed by atoms with Crippen LogP contribution in [-0.4, -0.2) is 36.9 Å². The molecule has 1 aliphatic rings. The van der Waals surface area contributed by atoms with Gasteiger partial charge in [-0.25, -0.2) is 0 Å². The first kappa shape index (κ1) is 20.2. The van der Waals surface area contributed by atoms with Gasteiger partial charge < -0.3 is 15.0 Å². The number of thiophene rings is 1. The van der Waals surface area contributed by atoms with Gasteiger partial charge in [0, 0.05) is 23.2 Å². The van der Waals surface area contributed by atoms with Gasteiger partial charge in [0.1, 0.15) is 12.3 Å². The summed E-state index contributed by atoms with van der Waals surface area (Å²) in [7, 11) is 1.58. The van der Waals surface area contributed by atoms with Gasteiger partial charge in [0.2, 0.25) is 5.91 Å². The van der Waals surface area contributed by atoms with E-state index in [0.29, 0.717) is 22.9 Å². The predicted molar refractivity (Wildman–Crippen MR) is 120 cm³/mol. The molecule has 3 aromatic rings. The van der Waals surface area contributed by atoms with Gasteiger partial charge in [-0.3, -0.25) is 9.59 Å². The molecule has 0 atom stereocenters. The molecule has 30 heavy (non-hydrogen) atoms. The number of ether oxygens (including phenoxy) is 1. The van der Waals surface area contributed by atoms with Crippen LogP contribution in [0.4, 0.5) is 5.69 Å². The van der Waals surface area contributed by atoms with Crippen LogP contribution in [0.5, 0.6) is 5.75 Å². The van der Waals surface area contributed by atoms with Crippen LogP contribution in [0.25, 0.3) is 10.4 Å². The molecule has 0 unspecified atom stereocenters. The molecule has 0 bridgehead atoms. The Hall–Kier alpha value is -3.12. The lowest BCUT2D eigenvalue weighted by Crippen LogP contribution is -2.37. The highest BCUT2D eigenvalue weighted by molar-refractivity contribution is 7.17. The molecule has 0 radical (unpaired) electrons. The first-order valence-electron chi connectivity index (χ1n) is 10.0. The monoisotopic (exact) mass is 420 g/mol. The van der Waals surface area contributed by atoms with Crippen LogP contribution >= 0.6 is 11.3 Å². The third kappa shape index (κ3) is 4.09. The fourth-order valence-electron chi connectivity index (χ4n) is 3.73. The summed E-state index contributed by atoms with van der Waals surface area (Å²) in [6, 6.07) is 17.5. The lowest BCUT2D eigenvalue weighted by molar-refractivity contribution is -0.116. The molecule has 0 saturated carbocycles. The largest absolute Gasteiger partial charge is 0.497 e. The number of rotatable bonds is 6. The average Bonchev–Trinajstić information content (AvgIpc) is 3.22. The molecule has 154 valence electrons. The molecule has 2 aromatic carbocycles. The van der Waals surface area contributed by atoms with E-state index in [4.69, 9.17) is 4.74 Å². The number of hydrogen-bond donors (Lipinski definition) is 1. The van der Waals surface area contributed by atoms with E-state index in [0.717, 1.165) is 12.8 Å². The number of benzene rings is 2. The Morgan fingerprint density at radius 2 is 1.87 bits per heavy atom. The van der Waals surface area contributed by atoms with E-state index < -0.39 is 0 Å². The number of anilines is 1. The first-order chi connectivity index (χ1) is 14.6. The maximum absolute atomic E-state index is 13.1. The molecule has 6 heteroatoms. The minimum absolute atomic E-state index is 0.00565. The Kier molecular flexibility index (Phi) is 5.86. The zero-order valence-electron chi connectivity index (χ0n) is 17.1. The third-order valence-electron chi connectivity index (χ3n) is 5.30. The molecule has 2 amide bonds. The van der Waals surface area contributed by atoms with Gasteiger partial charge in [-0.05, 0) is 54.7 Å². The van der Waals surface area contributed by atoms with E-state index in [9.17, 15) is 9.59 Å². The lowest BCUT2D eigenvalue weighted by Gasteiger charge is -2.19. The highest BCUT2D eigenvalue weighted by Crippen LogP contribution is 2.39. The normalized spacial score (nSPS) is 11.9. The van der Waals surface area contributed by atoms with Gasteiger partial charge in [0.15, 0.2) is 0 Å². The molecule has 1 heterocycles. The number of hydrogen-bond acceptors (Lipinski definition) is 4. The fraction of sp³-hybridized carbons (Fsp3) is 0.250. The average molecular weight is 421 g/mol. The number of likely N-dealkylation sites (N-methyl/N-ethyl adjacent to an activating group) is 1. The predicted octanol–water partition coefficient (Wildman–Crippen LogP) is 4.62. The van der Waals surface area contributed by atoms with Crippen LogP contribution in [0.15, 0.2) is 54.6 Å². The molecule has 0 aliphatic heterocycles. The summed E-state index contributed by atoms with van der Waals surface area (Å²) >= 11 is 1.53. The SMILES string of the molecule is CCN(CC(=O)Nc1cccc(OC)c1)C(=O)c1cc2c(s1)-c1ccccc1CC2. The van der Waals surface area contributed by atoms with Gasteiger partial charge in [0.25, 0.3) is 5.91 Å². The molecule has 4 rings (SSSR count). The minimum Gasteiger partial charge on any atom is -0.497 e. The summed E-state index contributed by atoms with van der Waals surface area (Å²) in [6.45, 7) is 2.36. The van der Waals surface area contributed by atoms with Crippen LogP contribution in [0.3, 0.4) is 0 Å². The van der Waals surface area contributed by atoms with Gasteiger partial charge in [0.05, 0.1) is 12.0 Å². The summed E-state index contributed by atoms with van der Waals surface area (Å²) in [4.78, 5) is 29.1. The molecule has 0 saturated heterocycles. The van der Waals surface area contributed by atoms with Crippen molar-refractivity contribution >= 4 is 28.8 Å². The van der Waals surface area contributed by atoms with E-state index in [1.165, 1.54) is 32.9 Å². The minimum atomic E-state index is -0.231. The number of amides is 2. The van der Waals surface area contributed by atoms with Crippen molar-refractivity contribution in [2.45, 2.75) is 19.8 Å². The molecule has 1 aliphatic carbocycles.